The lowest BCUT2D eigenvalue weighted by molar-refractivity contribution is -0.140. The van der Waals surface area contributed by atoms with Gasteiger partial charge >= 0.3 is 0 Å². The molecule has 1 heterocycles. The number of carbonyl (C=O) groups is 2. The minimum Gasteiger partial charge on any atom is -0.307 e. The topological polar surface area (TPSA) is 63.4 Å². The SMILES string of the molecule is CC(CN1CCCCC1(N)C(=O)C1CCC1)c1ccc(C(=O)c2ccccc2)cc1. The molecule has 30 heavy (non-hydrogen) atoms. The van der Waals surface area contributed by atoms with E-state index in [4.69, 9.17) is 5.73 Å². The molecule has 4 rings (SSSR count). The fourth-order valence-corrected chi connectivity index (χ4v) is 4.77. The Morgan fingerprint density at radius 2 is 1.67 bits per heavy atom. The van der Waals surface area contributed by atoms with Gasteiger partial charge in [-0.15, -0.1) is 0 Å². The highest BCUT2D eigenvalue weighted by atomic mass is 16.1. The zero-order valence-electron chi connectivity index (χ0n) is 17.8. The second-order valence-corrected chi connectivity index (χ2v) is 9.04. The highest BCUT2D eigenvalue weighted by molar-refractivity contribution is 6.08. The van der Waals surface area contributed by atoms with Gasteiger partial charge in [-0.25, -0.2) is 0 Å². The number of hydrogen-bond donors (Lipinski definition) is 1. The summed E-state index contributed by atoms with van der Waals surface area (Å²) in [6.45, 7) is 3.82. The van der Waals surface area contributed by atoms with Gasteiger partial charge in [0.2, 0.25) is 0 Å². The van der Waals surface area contributed by atoms with E-state index in [9.17, 15) is 9.59 Å². The molecule has 1 saturated heterocycles. The van der Waals surface area contributed by atoms with E-state index in [1.165, 1.54) is 5.56 Å². The van der Waals surface area contributed by atoms with Crippen LogP contribution in [0.2, 0.25) is 0 Å². The molecule has 0 spiro atoms. The predicted molar refractivity (Wildman–Crippen MR) is 119 cm³/mol. The number of nitrogens with zero attached hydrogens (tertiary/aromatic N) is 1. The fourth-order valence-electron chi connectivity index (χ4n) is 4.77. The molecule has 1 aliphatic carbocycles. The Morgan fingerprint density at radius 1 is 1.00 bits per heavy atom. The third-order valence-electron chi connectivity index (χ3n) is 6.98. The first-order valence-electron chi connectivity index (χ1n) is 11.3. The van der Waals surface area contributed by atoms with Crippen molar-refractivity contribution in [3.8, 4) is 0 Å². The lowest BCUT2D eigenvalue weighted by atomic mass is 9.75. The third kappa shape index (κ3) is 4.12. The van der Waals surface area contributed by atoms with Crippen LogP contribution in [0.5, 0.6) is 0 Å². The van der Waals surface area contributed by atoms with E-state index < -0.39 is 5.66 Å². The van der Waals surface area contributed by atoms with E-state index in [1.807, 2.05) is 54.6 Å². The van der Waals surface area contributed by atoms with E-state index in [1.54, 1.807) is 0 Å². The number of benzene rings is 2. The Hall–Kier alpha value is -2.30. The van der Waals surface area contributed by atoms with Crippen LogP contribution in [0.25, 0.3) is 0 Å². The van der Waals surface area contributed by atoms with Gasteiger partial charge in [0, 0.05) is 30.1 Å². The molecule has 1 aliphatic heterocycles. The molecule has 2 unspecified atom stereocenters. The first-order chi connectivity index (χ1) is 14.5. The maximum absolute atomic E-state index is 13.1. The molecule has 0 aromatic heterocycles. The van der Waals surface area contributed by atoms with Gasteiger partial charge in [-0.05, 0) is 43.6 Å². The van der Waals surface area contributed by atoms with Crippen molar-refractivity contribution < 1.29 is 9.59 Å². The van der Waals surface area contributed by atoms with E-state index in [0.717, 1.165) is 51.6 Å². The molecule has 2 fully saturated rings. The smallest absolute Gasteiger partial charge is 0.193 e. The average Bonchev–Trinajstić information content (AvgIpc) is 2.74. The molecular formula is C26H32N2O2. The lowest BCUT2D eigenvalue weighted by Gasteiger charge is -2.47. The number of nitrogens with two attached hydrogens (primary N) is 1. The van der Waals surface area contributed by atoms with E-state index in [-0.39, 0.29) is 23.4 Å². The normalized spacial score (nSPS) is 23.5. The molecule has 0 radical (unpaired) electrons. The highest BCUT2D eigenvalue weighted by Gasteiger charge is 2.46. The fraction of sp³-hybridized carbons (Fsp3) is 0.462. The summed E-state index contributed by atoms with van der Waals surface area (Å²) in [4.78, 5) is 27.9. The van der Waals surface area contributed by atoms with Crippen molar-refractivity contribution in [2.45, 2.75) is 57.0 Å². The van der Waals surface area contributed by atoms with Crippen LogP contribution in [0.3, 0.4) is 0 Å². The predicted octanol–water partition coefficient (Wildman–Crippen LogP) is 4.53. The minimum atomic E-state index is -0.805. The van der Waals surface area contributed by atoms with Crippen molar-refractivity contribution >= 4 is 11.6 Å². The largest absolute Gasteiger partial charge is 0.307 e. The zero-order valence-corrected chi connectivity index (χ0v) is 17.8. The van der Waals surface area contributed by atoms with Crippen molar-refractivity contribution in [3.05, 3.63) is 71.3 Å². The van der Waals surface area contributed by atoms with Gasteiger partial charge in [-0.2, -0.15) is 0 Å². The number of carbonyl (C=O) groups excluding carboxylic acids is 2. The molecule has 2 atom stereocenters. The van der Waals surface area contributed by atoms with E-state index >= 15 is 0 Å². The number of rotatable bonds is 7. The molecule has 2 aliphatic rings. The van der Waals surface area contributed by atoms with Crippen molar-refractivity contribution in [2.24, 2.45) is 11.7 Å². The van der Waals surface area contributed by atoms with Gasteiger partial charge in [0.25, 0.3) is 0 Å². The second kappa shape index (κ2) is 8.83. The van der Waals surface area contributed by atoms with Crippen molar-refractivity contribution in [3.63, 3.8) is 0 Å². The molecule has 0 bridgehead atoms. The summed E-state index contributed by atoms with van der Waals surface area (Å²) in [5.74, 6) is 0.692. The number of piperidine rings is 1. The quantitative estimate of drug-likeness (QED) is 0.689. The van der Waals surface area contributed by atoms with E-state index in [0.29, 0.717) is 11.1 Å². The Labute approximate surface area is 179 Å². The summed E-state index contributed by atoms with van der Waals surface area (Å²) in [6, 6.07) is 17.3. The van der Waals surface area contributed by atoms with E-state index in [2.05, 4.69) is 11.8 Å². The van der Waals surface area contributed by atoms with Crippen LogP contribution in [0.4, 0.5) is 0 Å². The number of hydrogen-bond acceptors (Lipinski definition) is 4. The highest BCUT2D eigenvalue weighted by Crippen LogP contribution is 2.36. The van der Waals surface area contributed by atoms with Gasteiger partial charge in [-0.1, -0.05) is 67.9 Å². The van der Waals surface area contributed by atoms with Gasteiger partial charge in [0.15, 0.2) is 11.6 Å². The molecule has 4 nitrogen and oxygen atoms in total. The van der Waals surface area contributed by atoms with Crippen molar-refractivity contribution in [1.82, 2.24) is 4.90 Å². The Balaban J connectivity index is 1.45. The van der Waals surface area contributed by atoms with Crippen LogP contribution in [-0.2, 0) is 4.79 Å². The zero-order chi connectivity index (χ0) is 21.1. The van der Waals surface area contributed by atoms with Crippen molar-refractivity contribution in [2.75, 3.05) is 13.1 Å². The molecule has 2 aromatic carbocycles. The lowest BCUT2D eigenvalue weighted by Crippen LogP contribution is -2.66. The molecule has 0 amide bonds. The summed E-state index contributed by atoms with van der Waals surface area (Å²) in [6.07, 6.45) is 6.02. The monoisotopic (exact) mass is 404 g/mol. The Morgan fingerprint density at radius 3 is 2.30 bits per heavy atom. The molecular weight excluding hydrogens is 372 g/mol. The first-order valence-corrected chi connectivity index (χ1v) is 11.3. The Kier molecular flexibility index (Phi) is 6.16. The molecule has 158 valence electrons. The van der Waals surface area contributed by atoms with Crippen LogP contribution < -0.4 is 5.73 Å². The first kappa shape index (κ1) is 21.0. The third-order valence-corrected chi connectivity index (χ3v) is 6.98. The van der Waals surface area contributed by atoms with Crippen LogP contribution in [0.15, 0.2) is 54.6 Å². The van der Waals surface area contributed by atoms with Crippen LogP contribution in [0.1, 0.15) is 72.9 Å². The molecule has 4 heteroatoms. The van der Waals surface area contributed by atoms with Crippen LogP contribution in [-0.4, -0.2) is 35.2 Å². The molecule has 1 saturated carbocycles. The number of Topliss-reactive ketones (excluding diaryl/α,β-unsaturated/α-hetero) is 1. The maximum atomic E-state index is 13.1. The van der Waals surface area contributed by atoms with Gasteiger partial charge in [-0.3, -0.25) is 14.5 Å². The molecule has 2 aromatic rings. The van der Waals surface area contributed by atoms with Gasteiger partial charge in [0.1, 0.15) is 5.66 Å². The number of likely N-dealkylation sites (tertiary alicyclic amines) is 1. The standard InChI is InChI=1S/C26H32N2O2/c1-19(18-28-17-6-5-16-26(28,27)25(30)23-10-7-11-23)20-12-14-22(15-13-20)24(29)21-8-3-2-4-9-21/h2-4,8-9,12-15,19,23H,5-7,10-11,16-18,27H2,1H3. The van der Waals surface area contributed by atoms with Crippen molar-refractivity contribution in [1.29, 1.82) is 0 Å². The summed E-state index contributed by atoms with van der Waals surface area (Å²) in [7, 11) is 0. The second-order valence-electron chi connectivity index (χ2n) is 9.04. The van der Waals surface area contributed by atoms with Crippen LogP contribution >= 0.6 is 0 Å². The summed E-state index contributed by atoms with van der Waals surface area (Å²) in [5, 5.41) is 0. The van der Waals surface area contributed by atoms with Gasteiger partial charge in [0.05, 0.1) is 0 Å². The summed E-state index contributed by atoms with van der Waals surface area (Å²) >= 11 is 0. The number of ketones is 2. The Bertz CT molecular complexity index is 889. The minimum absolute atomic E-state index is 0.0397. The maximum Gasteiger partial charge on any atom is 0.193 e. The average molecular weight is 405 g/mol. The summed E-state index contributed by atoms with van der Waals surface area (Å²) in [5.41, 5.74) is 8.51. The van der Waals surface area contributed by atoms with Crippen LogP contribution in [0, 0.1) is 5.92 Å². The molecule has 2 N–H and O–H groups in total. The summed E-state index contributed by atoms with van der Waals surface area (Å²) < 4.78 is 0. The van der Waals surface area contributed by atoms with Gasteiger partial charge < -0.3 is 5.73 Å².